The molecule has 0 fully saturated rings. The molecule has 10 heteroatoms. The minimum atomic E-state index is -5.14. The van der Waals surface area contributed by atoms with E-state index in [1.807, 2.05) is 62.3 Å². The van der Waals surface area contributed by atoms with Crippen molar-refractivity contribution in [1.82, 2.24) is 0 Å². The van der Waals surface area contributed by atoms with Gasteiger partial charge >= 0.3 is 10.1 Å². The van der Waals surface area contributed by atoms with Crippen molar-refractivity contribution < 1.29 is 35.0 Å². The molecular formula is C36H42F2O6S2. The Morgan fingerprint density at radius 2 is 0.913 bits per heavy atom. The lowest BCUT2D eigenvalue weighted by Gasteiger charge is -2.42. The number of rotatable bonds is 9. The van der Waals surface area contributed by atoms with Crippen LogP contribution in [0.3, 0.4) is 0 Å². The number of hydrogen-bond donors (Lipinski definition) is 0. The van der Waals surface area contributed by atoms with Crippen molar-refractivity contribution in [3.63, 3.8) is 0 Å². The molecule has 0 N–H and O–H groups in total. The van der Waals surface area contributed by atoms with E-state index >= 15 is 8.78 Å². The van der Waals surface area contributed by atoms with Gasteiger partial charge in [-0.15, -0.1) is 0 Å². The Hall–Kier alpha value is -3.60. The zero-order valence-electron chi connectivity index (χ0n) is 27.7. The van der Waals surface area contributed by atoms with Gasteiger partial charge in [-0.1, -0.05) is 42.5 Å². The smallest absolute Gasteiger partial charge is 0.313 e. The monoisotopic (exact) mass is 672 g/mol. The lowest BCUT2D eigenvalue weighted by atomic mass is 10.1. The highest BCUT2D eigenvalue weighted by Gasteiger charge is 2.45. The van der Waals surface area contributed by atoms with E-state index in [1.54, 1.807) is 72.8 Å². The molecule has 0 bridgehead atoms. The van der Waals surface area contributed by atoms with Crippen LogP contribution in [0.1, 0.15) is 62.3 Å². The van der Waals surface area contributed by atoms with E-state index in [0.717, 1.165) is 18.2 Å². The predicted molar refractivity (Wildman–Crippen MR) is 177 cm³/mol. The van der Waals surface area contributed by atoms with Gasteiger partial charge in [0.1, 0.15) is 50.6 Å². The van der Waals surface area contributed by atoms with Gasteiger partial charge < -0.3 is 14.2 Å². The second-order valence-corrected chi connectivity index (χ2v) is 18.0. The summed E-state index contributed by atoms with van der Waals surface area (Å²) in [5.41, 5.74) is -2.18. The molecule has 46 heavy (non-hydrogen) atoms. The van der Waals surface area contributed by atoms with Crippen LogP contribution in [0, 0.1) is 11.6 Å². The quantitative estimate of drug-likeness (QED) is 0.176. The van der Waals surface area contributed by atoms with Crippen molar-refractivity contribution in [2.45, 2.75) is 98.7 Å². The molecule has 4 rings (SSSR count). The predicted octanol–water partition coefficient (Wildman–Crippen LogP) is 10.1. The van der Waals surface area contributed by atoms with Crippen LogP contribution in [-0.2, 0) is 13.7 Å². The minimum Gasteiger partial charge on any atom is -0.488 e. The van der Waals surface area contributed by atoms with Crippen molar-refractivity contribution in [3.05, 3.63) is 103 Å². The van der Waals surface area contributed by atoms with E-state index in [4.69, 9.17) is 17.8 Å². The first-order valence-electron chi connectivity index (χ1n) is 14.8. The van der Waals surface area contributed by atoms with Gasteiger partial charge in [0, 0.05) is 21.9 Å². The average Bonchev–Trinajstić information content (AvgIpc) is 2.90. The number of hydrogen-bond acceptors (Lipinski definition) is 6. The SMILES string of the molecule is CC(C)(C)Oc1cc(OC(C)(C)C)c(S(OS(=O)(=O)c2c(F)cccc2F)(c2ccccc2)c2ccccc2)c(OC(C)(C)C)c1. The van der Waals surface area contributed by atoms with Crippen LogP contribution in [0.15, 0.2) is 111 Å². The Balaban J connectivity index is 2.25. The molecule has 4 aromatic carbocycles. The standard InChI is InChI=1S/C36H42F2O6S2/c1-34(2,3)41-25-23-30(42-35(4,5)6)33(31(24-25)43-36(7,8)9)45(26-17-12-10-13-18-26,27-19-14-11-15-20-27)44-46(39,40)32-28(37)21-16-22-29(32)38/h10-24H,1-9H3. The molecule has 0 saturated carbocycles. The van der Waals surface area contributed by atoms with E-state index in [1.165, 1.54) is 0 Å². The van der Waals surface area contributed by atoms with Gasteiger partial charge in [-0.25, -0.2) is 12.4 Å². The van der Waals surface area contributed by atoms with Crippen LogP contribution < -0.4 is 14.2 Å². The third-order valence-electron chi connectivity index (χ3n) is 6.05. The Morgan fingerprint density at radius 1 is 0.522 bits per heavy atom. The highest BCUT2D eigenvalue weighted by atomic mass is 32.3. The third-order valence-corrected chi connectivity index (χ3v) is 11.3. The third kappa shape index (κ3) is 8.21. The molecule has 0 radical (unpaired) electrons. The van der Waals surface area contributed by atoms with Crippen molar-refractivity contribution in [2.75, 3.05) is 0 Å². The Kier molecular flexibility index (Phi) is 9.88. The van der Waals surface area contributed by atoms with E-state index in [0.29, 0.717) is 15.5 Å². The molecule has 0 aliphatic heterocycles. The van der Waals surface area contributed by atoms with E-state index < -0.39 is 53.8 Å². The van der Waals surface area contributed by atoms with Crippen molar-refractivity contribution in [1.29, 1.82) is 0 Å². The molecule has 0 saturated heterocycles. The number of ether oxygens (including phenoxy) is 3. The first kappa shape index (κ1) is 35.3. The van der Waals surface area contributed by atoms with Gasteiger partial charge in [-0.05, 0) is 109 Å². The van der Waals surface area contributed by atoms with Crippen LogP contribution in [0.25, 0.3) is 0 Å². The van der Waals surface area contributed by atoms with Gasteiger partial charge in [0.05, 0.1) is 0 Å². The van der Waals surface area contributed by atoms with Crippen LogP contribution in [0.2, 0.25) is 0 Å². The zero-order chi connectivity index (χ0) is 34.1. The first-order valence-corrected chi connectivity index (χ1v) is 17.8. The van der Waals surface area contributed by atoms with E-state index in [-0.39, 0.29) is 16.4 Å². The normalized spacial score (nSPS) is 13.3. The fraction of sp³-hybridized carbons (Fsp3) is 0.333. The second kappa shape index (κ2) is 12.9. The molecule has 4 aromatic rings. The Bertz CT molecular complexity index is 1680. The number of halogens is 2. The van der Waals surface area contributed by atoms with Crippen molar-refractivity contribution in [3.8, 4) is 17.2 Å². The van der Waals surface area contributed by atoms with Crippen LogP contribution >= 0.6 is 10.3 Å². The topological polar surface area (TPSA) is 71.1 Å². The van der Waals surface area contributed by atoms with Crippen molar-refractivity contribution in [2.24, 2.45) is 0 Å². The molecule has 0 spiro atoms. The van der Waals surface area contributed by atoms with Gasteiger partial charge in [0.2, 0.25) is 0 Å². The molecule has 0 amide bonds. The molecule has 6 nitrogen and oxygen atoms in total. The fourth-order valence-corrected chi connectivity index (χ4v) is 10.1. The van der Waals surface area contributed by atoms with E-state index in [2.05, 4.69) is 0 Å². The first-order chi connectivity index (χ1) is 21.2. The number of benzene rings is 4. The lowest BCUT2D eigenvalue weighted by molar-refractivity contribution is 0.105. The average molecular weight is 673 g/mol. The summed E-state index contributed by atoms with van der Waals surface area (Å²) in [4.78, 5) is -0.105. The van der Waals surface area contributed by atoms with Crippen molar-refractivity contribution >= 4 is 20.4 Å². The molecule has 0 aliphatic carbocycles. The van der Waals surface area contributed by atoms with E-state index in [9.17, 15) is 8.42 Å². The minimum absolute atomic E-state index is 0.223. The summed E-state index contributed by atoms with van der Waals surface area (Å²) in [6, 6.07) is 23.6. The molecule has 0 heterocycles. The largest absolute Gasteiger partial charge is 0.488 e. The maximum atomic E-state index is 15.2. The summed E-state index contributed by atoms with van der Waals surface area (Å²) in [5, 5.41) is 0. The van der Waals surface area contributed by atoms with Gasteiger partial charge in [0.25, 0.3) is 0 Å². The van der Waals surface area contributed by atoms with Crippen LogP contribution in [-0.4, -0.2) is 25.2 Å². The summed E-state index contributed by atoms with van der Waals surface area (Å²) in [6.07, 6.45) is 0. The zero-order valence-corrected chi connectivity index (χ0v) is 29.3. The summed E-state index contributed by atoms with van der Waals surface area (Å²) in [7, 11) is -8.60. The molecule has 248 valence electrons. The highest BCUT2D eigenvalue weighted by Crippen LogP contribution is 2.75. The van der Waals surface area contributed by atoms with Crippen LogP contribution in [0.4, 0.5) is 8.78 Å². The second-order valence-electron chi connectivity index (χ2n) is 13.6. The summed E-state index contributed by atoms with van der Waals surface area (Å²) in [5.74, 6) is -1.70. The molecular weight excluding hydrogens is 631 g/mol. The van der Waals surface area contributed by atoms with Gasteiger partial charge in [0.15, 0.2) is 4.90 Å². The molecule has 0 atom stereocenters. The van der Waals surface area contributed by atoms with Crippen LogP contribution in [0.5, 0.6) is 17.2 Å². The molecule has 0 unspecified atom stereocenters. The maximum Gasteiger partial charge on any atom is 0.313 e. The Labute approximate surface area is 273 Å². The van der Waals surface area contributed by atoms with Gasteiger partial charge in [-0.3, -0.25) is 0 Å². The molecule has 0 aromatic heterocycles. The summed E-state index contributed by atoms with van der Waals surface area (Å²) >= 11 is 0. The maximum absolute atomic E-state index is 15.2. The fourth-order valence-electron chi connectivity index (χ4n) is 4.66. The van der Waals surface area contributed by atoms with Gasteiger partial charge in [-0.2, -0.15) is 8.42 Å². The highest BCUT2D eigenvalue weighted by molar-refractivity contribution is 8.33. The summed E-state index contributed by atoms with van der Waals surface area (Å²) < 4.78 is 84.7. The molecule has 0 aliphatic rings. The lowest BCUT2D eigenvalue weighted by Crippen LogP contribution is -2.28. The summed E-state index contributed by atoms with van der Waals surface area (Å²) in [6.45, 7) is 16.8. The Morgan fingerprint density at radius 3 is 1.28 bits per heavy atom.